The van der Waals surface area contributed by atoms with Crippen LogP contribution in [-0.2, 0) is 0 Å². The van der Waals surface area contributed by atoms with Gasteiger partial charge >= 0.3 is 0 Å². The lowest BCUT2D eigenvalue weighted by molar-refractivity contribution is 0.215. The summed E-state index contributed by atoms with van der Waals surface area (Å²) in [5.74, 6) is 0.562. The lowest BCUT2D eigenvalue weighted by Crippen LogP contribution is -2.11. The summed E-state index contributed by atoms with van der Waals surface area (Å²) >= 11 is 0. The van der Waals surface area contributed by atoms with Crippen LogP contribution in [0.1, 0.15) is 13.3 Å². The molecule has 0 amide bonds. The third kappa shape index (κ3) is 2.70. The Morgan fingerprint density at radius 2 is 2.50 bits per heavy atom. The molecule has 64 valence electrons. The van der Waals surface area contributed by atoms with Crippen molar-refractivity contribution in [1.29, 1.82) is 0 Å². The number of nitrogens with zero attached hydrogens (tertiary/aromatic N) is 2. The zero-order valence-electron chi connectivity index (χ0n) is 7.10. The van der Waals surface area contributed by atoms with E-state index >= 15 is 0 Å². The molecule has 0 aromatic carbocycles. The Morgan fingerprint density at radius 1 is 1.67 bits per heavy atom. The minimum atomic E-state index is 0.110. The highest BCUT2D eigenvalue weighted by Gasteiger charge is 2.01. The molecule has 12 heavy (non-hydrogen) atoms. The Morgan fingerprint density at radius 3 is 3.08 bits per heavy atom. The number of rotatable bonds is 4. The molecule has 3 heteroatoms. The van der Waals surface area contributed by atoms with Crippen molar-refractivity contribution in [2.24, 2.45) is 0 Å². The van der Waals surface area contributed by atoms with E-state index < -0.39 is 0 Å². The van der Waals surface area contributed by atoms with Crippen LogP contribution in [0.5, 0.6) is 5.88 Å². The molecule has 0 bridgehead atoms. The molecule has 0 fully saturated rings. The first-order valence-corrected chi connectivity index (χ1v) is 3.86. The topological polar surface area (TPSA) is 35.0 Å². The second-order valence-corrected chi connectivity index (χ2v) is 2.50. The molecular formula is C9H12N2O. The summed E-state index contributed by atoms with van der Waals surface area (Å²) in [7, 11) is 0. The monoisotopic (exact) mass is 164 g/mol. The first kappa shape index (κ1) is 8.71. The van der Waals surface area contributed by atoms with E-state index in [1.165, 1.54) is 0 Å². The Bertz CT molecular complexity index is 236. The van der Waals surface area contributed by atoms with Gasteiger partial charge in [0.1, 0.15) is 6.10 Å². The maximum Gasteiger partial charge on any atom is 0.232 e. The Kier molecular flexibility index (Phi) is 3.26. The summed E-state index contributed by atoms with van der Waals surface area (Å²) in [4.78, 5) is 7.87. The molecule has 1 aromatic rings. The maximum absolute atomic E-state index is 5.41. The van der Waals surface area contributed by atoms with Crippen LogP contribution in [-0.4, -0.2) is 16.1 Å². The highest BCUT2D eigenvalue weighted by molar-refractivity contribution is 5.01. The van der Waals surface area contributed by atoms with Crippen molar-refractivity contribution in [3.05, 3.63) is 31.2 Å². The van der Waals surface area contributed by atoms with Crippen molar-refractivity contribution >= 4 is 0 Å². The van der Waals surface area contributed by atoms with E-state index in [9.17, 15) is 0 Å². The van der Waals surface area contributed by atoms with Crippen LogP contribution < -0.4 is 4.74 Å². The van der Waals surface area contributed by atoms with E-state index in [0.29, 0.717) is 5.88 Å². The van der Waals surface area contributed by atoms with Crippen LogP contribution >= 0.6 is 0 Å². The Hall–Kier alpha value is -1.38. The van der Waals surface area contributed by atoms with Crippen molar-refractivity contribution in [3.63, 3.8) is 0 Å². The molecule has 3 nitrogen and oxygen atoms in total. The second kappa shape index (κ2) is 4.49. The average Bonchev–Trinajstić information content (AvgIpc) is 2.06. The van der Waals surface area contributed by atoms with Gasteiger partial charge in [-0.2, -0.15) is 0 Å². The smallest absolute Gasteiger partial charge is 0.232 e. The summed E-state index contributed by atoms with van der Waals surface area (Å²) in [5, 5.41) is 0. The zero-order chi connectivity index (χ0) is 8.81. The van der Waals surface area contributed by atoms with Crippen LogP contribution in [0.25, 0.3) is 0 Å². The lowest BCUT2D eigenvalue weighted by atomic mass is 10.3. The van der Waals surface area contributed by atoms with Gasteiger partial charge in [-0.3, -0.25) is 4.98 Å². The SMILES string of the molecule is C=CCC(C)Oc1cnccn1. The Balaban J connectivity index is 2.46. The van der Waals surface area contributed by atoms with E-state index in [0.717, 1.165) is 6.42 Å². The van der Waals surface area contributed by atoms with Gasteiger partial charge in [0.05, 0.1) is 6.20 Å². The van der Waals surface area contributed by atoms with Gasteiger partial charge in [0.15, 0.2) is 0 Å². The van der Waals surface area contributed by atoms with E-state index in [-0.39, 0.29) is 6.10 Å². The minimum Gasteiger partial charge on any atom is -0.473 e. The van der Waals surface area contributed by atoms with Crippen molar-refractivity contribution in [3.8, 4) is 5.88 Å². The maximum atomic E-state index is 5.41. The van der Waals surface area contributed by atoms with Gasteiger partial charge in [-0.05, 0) is 6.92 Å². The van der Waals surface area contributed by atoms with Crippen molar-refractivity contribution < 1.29 is 4.74 Å². The fraction of sp³-hybridized carbons (Fsp3) is 0.333. The molecule has 0 radical (unpaired) electrons. The summed E-state index contributed by atoms with van der Waals surface area (Å²) < 4.78 is 5.41. The number of hydrogen-bond donors (Lipinski definition) is 0. The van der Waals surface area contributed by atoms with Crippen molar-refractivity contribution in [2.45, 2.75) is 19.4 Å². The lowest BCUT2D eigenvalue weighted by Gasteiger charge is -2.10. The van der Waals surface area contributed by atoms with Gasteiger partial charge < -0.3 is 4.74 Å². The largest absolute Gasteiger partial charge is 0.473 e. The predicted molar refractivity (Wildman–Crippen MR) is 46.9 cm³/mol. The van der Waals surface area contributed by atoms with Gasteiger partial charge in [0.2, 0.25) is 5.88 Å². The highest BCUT2D eigenvalue weighted by atomic mass is 16.5. The van der Waals surface area contributed by atoms with Gasteiger partial charge in [-0.25, -0.2) is 4.98 Å². The van der Waals surface area contributed by atoms with Gasteiger partial charge in [-0.15, -0.1) is 6.58 Å². The van der Waals surface area contributed by atoms with Crippen LogP contribution in [0.3, 0.4) is 0 Å². The fourth-order valence-electron chi connectivity index (χ4n) is 0.835. The molecule has 0 spiro atoms. The molecule has 0 saturated heterocycles. The molecular weight excluding hydrogens is 152 g/mol. The van der Waals surface area contributed by atoms with E-state index in [4.69, 9.17) is 4.74 Å². The summed E-state index contributed by atoms with van der Waals surface area (Å²) in [6.07, 6.45) is 7.57. The number of aromatic nitrogens is 2. The molecule has 1 aromatic heterocycles. The standard InChI is InChI=1S/C9H12N2O/c1-3-4-8(2)12-9-7-10-5-6-11-9/h3,5-8H,1,4H2,2H3. The second-order valence-electron chi connectivity index (χ2n) is 2.50. The molecule has 0 aliphatic heterocycles. The summed E-state index contributed by atoms with van der Waals surface area (Å²) in [6.45, 7) is 5.59. The fourth-order valence-corrected chi connectivity index (χ4v) is 0.835. The van der Waals surface area contributed by atoms with E-state index in [2.05, 4.69) is 16.5 Å². The van der Waals surface area contributed by atoms with Crippen LogP contribution in [0, 0.1) is 0 Å². The zero-order valence-corrected chi connectivity index (χ0v) is 7.10. The van der Waals surface area contributed by atoms with Gasteiger partial charge in [0, 0.05) is 18.8 Å². The molecule has 0 N–H and O–H groups in total. The van der Waals surface area contributed by atoms with E-state index in [1.54, 1.807) is 18.6 Å². The minimum absolute atomic E-state index is 0.110. The van der Waals surface area contributed by atoms with Gasteiger partial charge in [-0.1, -0.05) is 6.08 Å². The molecule has 0 aliphatic carbocycles. The summed E-state index contributed by atoms with van der Waals surface area (Å²) in [5.41, 5.74) is 0. The van der Waals surface area contributed by atoms with Gasteiger partial charge in [0.25, 0.3) is 0 Å². The molecule has 1 rings (SSSR count). The molecule has 1 atom stereocenters. The first-order chi connectivity index (χ1) is 5.83. The van der Waals surface area contributed by atoms with Crippen LogP contribution in [0.15, 0.2) is 31.2 Å². The molecule has 0 aliphatic rings. The Labute approximate surface area is 72.1 Å². The first-order valence-electron chi connectivity index (χ1n) is 3.86. The number of ether oxygens (including phenoxy) is 1. The average molecular weight is 164 g/mol. The molecule has 0 saturated carbocycles. The van der Waals surface area contributed by atoms with Crippen LogP contribution in [0.2, 0.25) is 0 Å². The quantitative estimate of drug-likeness (QED) is 0.637. The third-order valence-electron chi connectivity index (χ3n) is 1.36. The van der Waals surface area contributed by atoms with E-state index in [1.807, 2.05) is 13.0 Å². The predicted octanol–water partition coefficient (Wildman–Crippen LogP) is 1.82. The number of hydrogen-bond acceptors (Lipinski definition) is 3. The molecule has 1 heterocycles. The normalized spacial score (nSPS) is 12.1. The third-order valence-corrected chi connectivity index (χ3v) is 1.36. The molecule has 1 unspecified atom stereocenters. The van der Waals surface area contributed by atoms with Crippen molar-refractivity contribution in [1.82, 2.24) is 9.97 Å². The van der Waals surface area contributed by atoms with Crippen molar-refractivity contribution in [2.75, 3.05) is 0 Å². The summed E-state index contributed by atoms with van der Waals surface area (Å²) in [6, 6.07) is 0. The highest BCUT2D eigenvalue weighted by Crippen LogP contribution is 2.06. The van der Waals surface area contributed by atoms with Crippen LogP contribution in [0.4, 0.5) is 0 Å².